The second-order valence-corrected chi connectivity index (χ2v) is 0. The minimum absolute atomic E-state index is 0. The molecule has 0 atom stereocenters. The SMILES string of the molecule is C.C.C.[Y].[Y].[Y].[Y]. The Balaban J connectivity index is 0. The molecule has 0 aliphatic carbocycles. The van der Waals surface area contributed by atoms with E-state index >= 15 is 0 Å². The van der Waals surface area contributed by atoms with Crippen molar-refractivity contribution in [3.05, 3.63) is 0 Å². The Bertz CT molecular complexity index is 6.90. The Labute approximate surface area is 149 Å². The minimum Gasteiger partial charge on any atom is -0.0776 e. The molecule has 0 heterocycles. The van der Waals surface area contributed by atoms with Gasteiger partial charge in [-0.1, -0.05) is 22.3 Å². The van der Waals surface area contributed by atoms with Gasteiger partial charge in [-0.15, -0.1) is 0 Å². The van der Waals surface area contributed by atoms with Crippen LogP contribution >= 0.6 is 0 Å². The predicted octanol–water partition coefficient (Wildman–Crippen LogP) is 1.90. The molecule has 0 spiro atoms. The Hall–Kier alpha value is 4.42. The largest absolute Gasteiger partial charge is 0.0776 e. The predicted molar refractivity (Wildman–Crippen MR) is 20.2 cm³/mol. The topological polar surface area (TPSA) is 0 Å². The molecule has 4 heteroatoms. The fraction of sp³-hybridized carbons (Fsp3) is 1.00. The van der Waals surface area contributed by atoms with Gasteiger partial charge < -0.3 is 0 Å². The van der Waals surface area contributed by atoms with Crippen molar-refractivity contribution < 1.29 is 131 Å². The normalized spacial score (nSPS) is 0. The molecule has 0 saturated heterocycles. The maximum Gasteiger partial charge on any atom is 0 e. The molecule has 0 fully saturated rings. The van der Waals surface area contributed by atoms with Gasteiger partial charge >= 0.3 is 0 Å². The van der Waals surface area contributed by atoms with Crippen molar-refractivity contribution in [2.24, 2.45) is 0 Å². The summed E-state index contributed by atoms with van der Waals surface area (Å²) >= 11 is 0. The third kappa shape index (κ3) is 37.8. The van der Waals surface area contributed by atoms with Crippen LogP contribution in [-0.4, -0.2) is 0 Å². The maximum atomic E-state index is 0. The van der Waals surface area contributed by atoms with Gasteiger partial charge in [0.2, 0.25) is 0 Å². The van der Waals surface area contributed by atoms with Crippen molar-refractivity contribution in [2.75, 3.05) is 0 Å². The summed E-state index contributed by atoms with van der Waals surface area (Å²) in [5.74, 6) is 0. The average Bonchev–Trinajstić information content (AvgIpc) is 0. The molecule has 36 valence electrons. The van der Waals surface area contributed by atoms with E-state index in [1.165, 1.54) is 0 Å². The first-order valence-corrected chi connectivity index (χ1v) is 0. The van der Waals surface area contributed by atoms with Crippen molar-refractivity contribution >= 4 is 0 Å². The van der Waals surface area contributed by atoms with Gasteiger partial charge in [-0.25, -0.2) is 0 Å². The first kappa shape index (κ1) is 63.5. The van der Waals surface area contributed by atoms with Crippen molar-refractivity contribution in [1.82, 2.24) is 0 Å². The number of hydrogen-bond donors (Lipinski definition) is 0. The average molecular weight is 404 g/mol. The van der Waals surface area contributed by atoms with E-state index in [0.717, 1.165) is 0 Å². The second-order valence-electron chi connectivity index (χ2n) is 0. The molecule has 0 aliphatic rings. The number of hydrogen-bond acceptors (Lipinski definition) is 0. The van der Waals surface area contributed by atoms with Crippen LogP contribution in [0.2, 0.25) is 0 Å². The third-order valence-corrected chi connectivity index (χ3v) is 0. The van der Waals surface area contributed by atoms with Crippen LogP contribution < -0.4 is 0 Å². The van der Waals surface area contributed by atoms with Gasteiger partial charge in [0.1, 0.15) is 0 Å². The van der Waals surface area contributed by atoms with Gasteiger partial charge in [0.05, 0.1) is 0 Å². The molecule has 0 amide bonds. The van der Waals surface area contributed by atoms with E-state index < -0.39 is 0 Å². The van der Waals surface area contributed by atoms with Crippen LogP contribution in [0.3, 0.4) is 0 Å². The van der Waals surface area contributed by atoms with Crippen molar-refractivity contribution in [3.8, 4) is 0 Å². The first-order chi connectivity index (χ1) is 0. The molecule has 0 nitrogen and oxygen atoms in total. The third-order valence-electron chi connectivity index (χ3n) is 0. The molecule has 0 aromatic rings. The van der Waals surface area contributed by atoms with E-state index in [1.807, 2.05) is 0 Å². The quantitative estimate of drug-likeness (QED) is 0.579. The van der Waals surface area contributed by atoms with Crippen LogP contribution in [0.25, 0.3) is 0 Å². The van der Waals surface area contributed by atoms with Gasteiger partial charge in [-0.05, 0) is 0 Å². The summed E-state index contributed by atoms with van der Waals surface area (Å²) in [6.07, 6.45) is 0. The van der Waals surface area contributed by atoms with Crippen LogP contribution in [0.1, 0.15) is 22.3 Å². The Morgan fingerprint density at radius 3 is 0.286 bits per heavy atom. The number of rotatable bonds is 0. The Morgan fingerprint density at radius 1 is 0.286 bits per heavy atom. The Morgan fingerprint density at radius 2 is 0.286 bits per heavy atom. The van der Waals surface area contributed by atoms with E-state index in [2.05, 4.69) is 0 Å². The van der Waals surface area contributed by atoms with Crippen LogP contribution in [0.15, 0.2) is 0 Å². The van der Waals surface area contributed by atoms with Gasteiger partial charge in [-0.2, -0.15) is 0 Å². The summed E-state index contributed by atoms with van der Waals surface area (Å²) in [5, 5.41) is 0. The van der Waals surface area contributed by atoms with E-state index in [4.69, 9.17) is 0 Å². The molecule has 0 N–H and O–H groups in total. The van der Waals surface area contributed by atoms with Crippen LogP contribution in [-0.2, 0) is 131 Å². The van der Waals surface area contributed by atoms with Gasteiger partial charge in [-0.3, -0.25) is 0 Å². The summed E-state index contributed by atoms with van der Waals surface area (Å²) in [5.41, 5.74) is 0. The van der Waals surface area contributed by atoms with E-state index in [-0.39, 0.29) is 153 Å². The van der Waals surface area contributed by atoms with Crippen LogP contribution in [0.5, 0.6) is 0 Å². The molecule has 7 heavy (non-hydrogen) atoms. The molecular weight excluding hydrogens is 392 g/mol. The van der Waals surface area contributed by atoms with Gasteiger partial charge in [0, 0.05) is 131 Å². The zero-order valence-electron chi connectivity index (χ0n) is 2.31. The van der Waals surface area contributed by atoms with Gasteiger partial charge in [0.15, 0.2) is 0 Å². The van der Waals surface area contributed by atoms with E-state index in [0.29, 0.717) is 0 Å². The summed E-state index contributed by atoms with van der Waals surface area (Å²) in [7, 11) is 0. The van der Waals surface area contributed by atoms with Crippen molar-refractivity contribution in [3.63, 3.8) is 0 Å². The molecular formula is C3H12Y4. The summed E-state index contributed by atoms with van der Waals surface area (Å²) in [6.45, 7) is 0. The molecule has 4 radical (unpaired) electrons. The van der Waals surface area contributed by atoms with Crippen LogP contribution in [0, 0.1) is 0 Å². The fourth-order valence-corrected chi connectivity index (χ4v) is 0. The molecule has 0 unspecified atom stereocenters. The molecule has 0 aromatic heterocycles. The monoisotopic (exact) mass is 404 g/mol. The maximum absolute atomic E-state index is 0. The van der Waals surface area contributed by atoms with E-state index in [1.54, 1.807) is 0 Å². The molecule has 0 bridgehead atoms. The fourth-order valence-electron chi connectivity index (χ4n) is 0. The molecule has 0 saturated carbocycles. The Kier molecular flexibility index (Phi) is 430. The molecule has 0 aliphatic heterocycles. The van der Waals surface area contributed by atoms with E-state index in [9.17, 15) is 0 Å². The summed E-state index contributed by atoms with van der Waals surface area (Å²) < 4.78 is 0. The zero-order chi connectivity index (χ0) is 0. The zero-order valence-corrected chi connectivity index (χ0v) is 13.7. The summed E-state index contributed by atoms with van der Waals surface area (Å²) in [6, 6.07) is 0. The molecule has 0 aromatic carbocycles. The minimum atomic E-state index is 0. The van der Waals surface area contributed by atoms with Gasteiger partial charge in [0.25, 0.3) is 0 Å². The first-order valence-electron chi connectivity index (χ1n) is 0. The second kappa shape index (κ2) is 47.4. The smallest absolute Gasteiger partial charge is 0 e. The van der Waals surface area contributed by atoms with Crippen LogP contribution in [0.4, 0.5) is 0 Å². The summed E-state index contributed by atoms with van der Waals surface area (Å²) in [4.78, 5) is 0. The van der Waals surface area contributed by atoms with Crippen molar-refractivity contribution in [1.29, 1.82) is 0 Å². The standard InChI is InChI=1S/3CH4.4Y/h3*1H4;;;;. The molecule has 0 rings (SSSR count). The van der Waals surface area contributed by atoms with Crippen molar-refractivity contribution in [2.45, 2.75) is 22.3 Å².